The molecular weight excluding hydrogens is 546 g/mol. The molecule has 2 heterocycles. The fourth-order valence-corrected chi connectivity index (χ4v) is 7.45. The van der Waals surface area contributed by atoms with E-state index >= 15 is 0 Å². The molecule has 0 unspecified atom stereocenters. The van der Waals surface area contributed by atoms with Crippen molar-refractivity contribution in [3.8, 4) is 50.5 Å². The summed E-state index contributed by atoms with van der Waals surface area (Å²) in [6.07, 6.45) is 0. The zero-order chi connectivity index (χ0) is 29.5. The summed E-state index contributed by atoms with van der Waals surface area (Å²) in [5.41, 5.74) is 13.4. The second-order valence-corrected chi connectivity index (χ2v) is 11.7. The summed E-state index contributed by atoms with van der Waals surface area (Å²) in [6.45, 7) is 0. The molecule has 45 heavy (non-hydrogen) atoms. The molecule has 3 heteroatoms. The molecule has 1 aliphatic rings. The second kappa shape index (κ2) is 9.22. The van der Waals surface area contributed by atoms with Gasteiger partial charge in [-0.15, -0.1) is 0 Å². The number of aromatic nitrogens is 3. The van der Waals surface area contributed by atoms with Gasteiger partial charge in [-0.1, -0.05) is 127 Å². The minimum absolute atomic E-state index is 0.832. The number of rotatable bonds is 2. The third-order valence-electron chi connectivity index (χ3n) is 9.33. The molecule has 0 amide bonds. The van der Waals surface area contributed by atoms with Crippen molar-refractivity contribution in [3.63, 3.8) is 0 Å². The SMILES string of the molecule is c1ccc(-c2nc3ccccc3nc2-n2c3ccccc3c3c4cccc5c4c(cc32)-c2ccccc2-c2ccccc2-5)cc1. The van der Waals surface area contributed by atoms with Gasteiger partial charge in [0, 0.05) is 16.3 Å². The number of nitrogens with zero attached hydrogens (tertiary/aromatic N) is 3. The predicted octanol–water partition coefficient (Wildman–Crippen LogP) is 10.9. The van der Waals surface area contributed by atoms with Crippen LogP contribution in [-0.4, -0.2) is 14.5 Å². The normalized spacial score (nSPS) is 12.0. The Bertz CT molecular complexity index is 2650. The van der Waals surface area contributed by atoms with Crippen LogP contribution in [0.1, 0.15) is 0 Å². The van der Waals surface area contributed by atoms with Crippen molar-refractivity contribution in [2.75, 3.05) is 0 Å². The summed E-state index contributed by atoms with van der Waals surface area (Å²) in [6, 6.07) is 54.2. The lowest BCUT2D eigenvalue weighted by Gasteiger charge is -2.16. The zero-order valence-electron chi connectivity index (χ0n) is 24.3. The molecule has 0 saturated heterocycles. The van der Waals surface area contributed by atoms with Crippen LogP contribution in [-0.2, 0) is 0 Å². The third kappa shape index (κ3) is 3.41. The van der Waals surface area contributed by atoms with Crippen LogP contribution in [0.2, 0.25) is 0 Å². The highest BCUT2D eigenvalue weighted by Gasteiger charge is 2.26. The zero-order valence-corrected chi connectivity index (χ0v) is 24.3. The van der Waals surface area contributed by atoms with Crippen LogP contribution in [0.4, 0.5) is 0 Å². The van der Waals surface area contributed by atoms with E-state index in [9.17, 15) is 0 Å². The van der Waals surface area contributed by atoms with Gasteiger partial charge >= 0.3 is 0 Å². The molecule has 3 nitrogen and oxygen atoms in total. The van der Waals surface area contributed by atoms with Gasteiger partial charge < -0.3 is 0 Å². The quantitative estimate of drug-likeness (QED) is 0.207. The van der Waals surface area contributed by atoms with Crippen LogP contribution in [0.5, 0.6) is 0 Å². The molecule has 0 saturated carbocycles. The Morgan fingerprint density at radius 1 is 0.378 bits per heavy atom. The van der Waals surface area contributed by atoms with E-state index in [1.807, 2.05) is 24.3 Å². The summed E-state index contributed by atoms with van der Waals surface area (Å²) in [5.74, 6) is 0.832. The molecule has 10 rings (SSSR count). The number of hydrogen-bond donors (Lipinski definition) is 0. The summed E-state index contributed by atoms with van der Waals surface area (Å²) in [4.78, 5) is 10.6. The fourth-order valence-electron chi connectivity index (χ4n) is 7.45. The molecule has 1 aliphatic carbocycles. The lowest BCUT2D eigenvalue weighted by Crippen LogP contribution is -2.03. The first-order valence-electron chi connectivity index (χ1n) is 15.4. The van der Waals surface area contributed by atoms with Gasteiger partial charge in [0.15, 0.2) is 5.82 Å². The number of para-hydroxylation sites is 3. The Morgan fingerprint density at radius 3 is 1.69 bits per heavy atom. The number of hydrogen-bond acceptors (Lipinski definition) is 2. The Balaban J connectivity index is 1.43. The van der Waals surface area contributed by atoms with E-state index in [1.165, 1.54) is 54.9 Å². The van der Waals surface area contributed by atoms with Crippen LogP contribution in [0.15, 0.2) is 152 Å². The molecule has 0 N–H and O–H groups in total. The fraction of sp³-hybridized carbons (Fsp3) is 0. The Labute approximate surface area is 259 Å². The Kier molecular flexibility index (Phi) is 5.00. The maximum absolute atomic E-state index is 5.36. The Morgan fingerprint density at radius 2 is 0.933 bits per heavy atom. The first kappa shape index (κ1) is 24.4. The third-order valence-corrected chi connectivity index (χ3v) is 9.33. The van der Waals surface area contributed by atoms with Gasteiger partial charge in [-0.25, -0.2) is 9.97 Å². The van der Waals surface area contributed by atoms with Gasteiger partial charge in [0.1, 0.15) is 5.69 Å². The molecule has 9 aromatic rings. The van der Waals surface area contributed by atoms with Crippen molar-refractivity contribution in [1.82, 2.24) is 14.5 Å². The standard InChI is InChI=1S/C42H25N3/c1-2-13-26(14-3-1)41-42(44-36-23-10-9-22-35(36)43-41)45-37-24-11-8-19-32(37)40-33-21-12-20-31-29-17-6-4-15-27(29)28-16-5-7-18-30(28)34(39(31)33)25-38(40)45/h1-25H. The largest absolute Gasteiger partial charge is 0.292 e. The van der Waals surface area contributed by atoms with Gasteiger partial charge in [-0.2, -0.15) is 0 Å². The average Bonchev–Trinajstić information content (AvgIpc) is 3.39. The molecule has 0 bridgehead atoms. The smallest absolute Gasteiger partial charge is 0.165 e. The minimum Gasteiger partial charge on any atom is -0.292 e. The van der Waals surface area contributed by atoms with E-state index in [1.54, 1.807) is 0 Å². The molecule has 0 radical (unpaired) electrons. The van der Waals surface area contributed by atoms with Crippen LogP contribution in [0.3, 0.4) is 0 Å². The van der Waals surface area contributed by atoms with Crippen LogP contribution in [0, 0.1) is 0 Å². The van der Waals surface area contributed by atoms with E-state index < -0.39 is 0 Å². The number of fused-ring (bicyclic) bond motifs is 10. The van der Waals surface area contributed by atoms with Crippen molar-refractivity contribution in [3.05, 3.63) is 152 Å². The molecule has 208 valence electrons. The first-order valence-corrected chi connectivity index (χ1v) is 15.4. The van der Waals surface area contributed by atoms with Crippen LogP contribution >= 0.6 is 0 Å². The van der Waals surface area contributed by atoms with Crippen LogP contribution < -0.4 is 0 Å². The molecular formula is C42H25N3. The van der Waals surface area contributed by atoms with Crippen molar-refractivity contribution in [2.24, 2.45) is 0 Å². The highest BCUT2D eigenvalue weighted by molar-refractivity contribution is 6.28. The van der Waals surface area contributed by atoms with Gasteiger partial charge in [0.25, 0.3) is 0 Å². The first-order chi connectivity index (χ1) is 22.3. The molecule has 7 aromatic carbocycles. The van der Waals surface area contributed by atoms with Gasteiger partial charge in [-0.05, 0) is 68.4 Å². The highest BCUT2D eigenvalue weighted by atomic mass is 15.1. The lowest BCUT2D eigenvalue weighted by atomic mass is 9.91. The van der Waals surface area contributed by atoms with Crippen molar-refractivity contribution in [1.29, 1.82) is 0 Å². The number of benzene rings is 7. The van der Waals surface area contributed by atoms with Gasteiger partial charge in [0.05, 0.1) is 22.1 Å². The summed E-state index contributed by atoms with van der Waals surface area (Å²) in [7, 11) is 0. The molecule has 0 fully saturated rings. The van der Waals surface area contributed by atoms with Crippen LogP contribution in [0.25, 0.3) is 94.1 Å². The second-order valence-electron chi connectivity index (χ2n) is 11.7. The lowest BCUT2D eigenvalue weighted by molar-refractivity contribution is 1.08. The van der Waals surface area contributed by atoms with Gasteiger partial charge in [0.2, 0.25) is 0 Å². The maximum atomic E-state index is 5.36. The topological polar surface area (TPSA) is 30.7 Å². The average molecular weight is 572 g/mol. The van der Waals surface area contributed by atoms with E-state index in [0.717, 1.165) is 39.1 Å². The van der Waals surface area contributed by atoms with E-state index in [4.69, 9.17) is 9.97 Å². The van der Waals surface area contributed by atoms with Gasteiger partial charge in [-0.3, -0.25) is 4.57 Å². The Hall–Kier alpha value is -6.06. The van der Waals surface area contributed by atoms with E-state index in [2.05, 4.69) is 132 Å². The summed E-state index contributed by atoms with van der Waals surface area (Å²) >= 11 is 0. The maximum Gasteiger partial charge on any atom is 0.165 e. The highest BCUT2D eigenvalue weighted by Crippen LogP contribution is 2.50. The molecule has 2 aromatic heterocycles. The summed E-state index contributed by atoms with van der Waals surface area (Å²) < 4.78 is 2.34. The van der Waals surface area contributed by atoms with Crippen molar-refractivity contribution >= 4 is 43.6 Å². The van der Waals surface area contributed by atoms with Crippen molar-refractivity contribution in [2.45, 2.75) is 0 Å². The monoisotopic (exact) mass is 571 g/mol. The minimum atomic E-state index is 0.832. The molecule has 0 aliphatic heterocycles. The summed E-state index contributed by atoms with van der Waals surface area (Å²) in [5, 5.41) is 4.97. The van der Waals surface area contributed by atoms with E-state index in [-0.39, 0.29) is 0 Å². The predicted molar refractivity (Wildman–Crippen MR) is 187 cm³/mol. The molecule has 0 spiro atoms. The van der Waals surface area contributed by atoms with Crippen molar-refractivity contribution < 1.29 is 0 Å². The van der Waals surface area contributed by atoms with E-state index in [0.29, 0.717) is 0 Å². The molecule has 0 atom stereocenters.